The average molecular weight is 423 g/mol. The number of fused-ring (bicyclic) bond motifs is 2. The van der Waals surface area contributed by atoms with E-state index in [2.05, 4.69) is 16.7 Å². The summed E-state index contributed by atoms with van der Waals surface area (Å²) in [6.07, 6.45) is 0. The first-order valence-corrected chi connectivity index (χ1v) is 10.4. The van der Waals surface area contributed by atoms with Gasteiger partial charge in [-0.3, -0.25) is 14.9 Å². The SMILES string of the molecule is COC(=O)[C@@H]1N[C@H](c2ccc(C#N)cc2)[C@]2(C(=O)Nc3ccccc32)[C@H]1c1ccccc1. The molecular weight excluding hydrogens is 402 g/mol. The highest BCUT2D eigenvalue weighted by atomic mass is 16.5. The molecule has 0 radical (unpaired) electrons. The molecule has 4 atom stereocenters. The molecule has 6 nitrogen and oxygen atoms in total. The van der Waals surface area contributed by atoms with Crippen LogP contribution in [-0.4, -0.2) is 25.0 Å². The van der Waals surface area contributed by atoms with Crippen molar-refractivity contribution in [2.45, 2.75) is 23.4 Å². The summed E-state index contributed by atoms with van der Waals surface area (Å²) >= 11 is 0. The van der Waals surface area contributed by atoms with Crippen molar-refractivity contribution in [3.05, 3.63) is 101 Å². The van der Waals surface area contributed by atoms with Gasteiger partial charge in [0, 0.05) is 11.6 Å². The maximum Gasteiger partial charge on any atom is 0.323 e. The third-order valence-electron chi connectivity index (χ3n) is 6.61. The van der Waals surface area contributed by atoms with Crippen LogP contribution < -0.4 is 10.6 Å². The lowest BCUT2D eigenvalue weighted by Crippen LogP contribution is -2.44. The molecule has 1 saturated heterocycles. The minimum absolute atomic E-state index is 0.166. The number of rotatable bonds is 3. The number of nitriles is 1. The van der Waals surface area contributed by atoms with Crippen molar-refractivity contribution in [3.8, 4) is 6.07 Å². The number of anilines is 1. The third kappa shape index (κ3) is 2.75. The Hall–Kier alpha value is -3.95. The summed E-state index contributed by atoms with van der Waals surface area (Å²) in [6.45, 7) is 0. The summed E-state index contributed by atoms with van der Waals surface area (Å²) in [4.78, 5) is 26.8. The van der Waals surface area contributed by atoms with E-state index >= 15 is 0 Å². The maximum absolute atomic E-state index is 13.8. The highest BCUT2D eigenvalue weighted by molar-refractivity contribution is 6.09. The van der Waals surface area contributed by atoms with Crippen molar-refractivity contribution >= 4 is 17.6 Å². The summed E-state index contributed by atoms with van der Waals surface area (Å²) in [7, 11) is 1.36. The predicted molar refractivity (Wildman–Crippen MR) is 119 cm³/mol. The number of nitrogens with zero attached hydrogens (tertiary/aromatic N) is 1. The fraction of sp³-hybridized carbons (Fsp3) is 0.192. The van der Waals surface area contributed by atoms with Crippen molar-refractivity contribution < 1.29 is 14.3 Å². The molecule has 158 valence electrons. The van der Waals surface area contributed by atoms with Crippen LogP contribution in [0.4, 0.5) is 5.69 Å². The number of carbonyl (C=O) groups excluding carboxylic acids is 2. The number of methoxy groups -OCH3 is 1. The van der Waals surface area contributed by atoms with Gasteiger partial charge in [0.05, 0.1) is 24.8 Å². The van der Waals surface area contributed by atoms with Crippen LogP contribution >= 0.6 is 0 Å². The monoisotopic (exact) mass is 423 g/mol. The number of benzene rings is 3. The zero-order valence-corrected chi connectivity index (χ0v) is 17.4. The fourth-order valence-electron chi connectivity index (χ4n) is 5.30. The normalized spacial score (nSPS) is 25.8. The molecule has 3 aromatic carbocycles. The maximum atomic E-state index is 13.8. The van der Waals surface area contributed by atoms with Gasteiger partial charge in [0.1, 0.15) is 11.5 Å². The number of hydrogen-bond donors (Lipinski definition) is 2. The highest BCUT2D eigenvalue weighted by Crippen LogP contribution is 2.59. The molecule has 2 aliphatic heterocycles. The first-order chi connectivity index (χ1) is 15.6. The van der Waals surface area contributed by atoms with E-state index in [9.17, 15) is 14.9 Å². The number of para-hydroxylation sites is 1. The molecule has 1 fully saturated rings. The molecular formula is C26H21N3O3. The van der Waals surface area contributed by atoms with Crippen molar-refractivity contribution in [2.24, 2.45) is 0 Å². The number of carbonyl (C=O) groups is 2. The Kier molecular flexibility index (Phi) is 4.76. The van der Waals surface area contributed by atoms with Gasteiger partial charge in [-0.05, 0) is 34.9 Å². The van der Waals surface area contributed by atoms with E-state index in [1.54, 1.807) is 12.1 Å². The van der Waals surface area contributed by atoms with Gasteiger partial charge in [0.15, 0.2) is 0 Å². The standard InChI is InChI=1S/C26H21N3O3/c1-32-24(30)22-21(17-7-3-2-4-8-17)26(19-9-5-6-10-20(19)28-25(26)31)23(29-22)18-13-11-16(15-27)12-14-18/h2-14,21-23,29H,1H3,(H,28,31)/t21-,22+,23+,26+/m0/s1. The minimum Gasteiger partial charge on any atom is -0.468 e. The Morgan fingerprint density at radius 2 is 1.66 bits per heavy atom. The van der Waals surface area contributed by atoms with E-state index < -0.39 is 29.4 Å². The molecule has 3 aromatic rings. The first-order valence-electron chi connectivity index (χ1n) is 10.4. The lowest BCUT2D eigenvalue weighted by molar-refractivity contribution is -0.143. The molecule has 5 rings (SSSR count). The Labute approximate surface area is 185 Å². The summed E-state index contributed by atoms with van der Waals surface area (Å²) in [6, 6.07) is 25.3. The minimum atomic E-state index is -1.08. The van der Waals surface area contributed by atoms with Crippen LogP contribution in [0, 0.1) is 11.3 Å². The van der Waals surface area contributed by atoms with E-state index in [1.807, 2.05) is 66.7 Å². The van der Waals surface area contributed by atoms with Crippen LogP contribution in [-0.2, 0) is 19.7 Å². The zero-order chi connectivity index (χ0) is 22.3. The van der Waals surface area contributed by atoms with Crippen LogP contribution in [0.3, 0.4) is 0 Å². The summed E-state index contributed by atoms with van der Waals surface area (Å²) < 4.78 is 5.16. The van der Waals surface area contributed by atoms with E-state index in [0.29, 0.717) is 5.56 Å². The molecule has 32 heavy (non-hydrogen) atoms. The Balaban J connectivity index is 1.80. The molecule has 6 heteroatoms. The van der Waals surface area contributed by atoms with Crippen molar-refractivity contribution in [2.75, 3.05) is 12.4 Å². The van der Waals surface area contributed by atoms with Gasteiger partial charge in [-0.15, -0.1) is 0 Å². The molecule has 0 aliphatic carbocycles. The molecule has 1 spiro atoms. The third-order valence-corrected chi connectivity index (χ3v) is 6.61. The largest absolute Gasteiger partial charge is 0.468 e. The van der Waals surface area contributed by atoms with E-state index in [0.717, 1.165) is 22.4 Å². The Morgan fingerprint density at radius 3 is 2.34 bits per heavy atom. The van der Waals surface area contributed by atoms with Gasteiger partial charge in [-0.25, -0.2) is 0 Å². The van der Waals surface area contributed by atoms with Gasteiger partial charge in [-0.2, -0.15) is 5.26 Å². The highest BCUT2D eigenvalue weighted by Gasteiger charge is 2.66. The molecule has 2 N–H and O–H groups in total. The van der Waals surface area contributed by atoms with E-state index in [1.165, 1.54) is 7.11 Å². The van der Waals surface area contributed by atoms with Crippen LogP contribution in [0.5, 0.6) is 0 Å². The van der Waals surface area contributed by atoms with E-state index in [4.69, 9.17) is 4.74 Å². The molecule has 2 heterocycles. The summed E-state index contributed by atoms with van der Waals surface area (Å²) in [5, 5.41) is 15.7. The van der Waals surface area contributed by atoms with Crippen LogP contribution in [0.1, 0.15) is 34.2 Å². The number of esters is 1. The Morgan fingerprint density at radius 1 is 0.969 bits per heavy atom. The number of ether oxygens (including phenoxy) is 1. The van der Waals surface area contributed by atoms with Crippen LogP contribution in [0.2, 0.25) is 0 Å². The van der Waals surface area contributed by atoms with Gasteiger partial charge in [-0.1, -0.05) is 60.7 Å². The average Bonchev–Trinajstić information content (AvgIpc) is 3.35. The van der Waals surface area contributed by atoms with Crippen molar-refractivity contribution in [3.63, 3.8) is 0 Å². The molecule has 0 unspecified atom stereocenters. The van der Waals surface area contributed by atoms with Crippen molar-refractivity contribution in [1.82, 2.24) is 5.32 Å². The lowest BCUT2D eigenvalue weighted by Gasteiger charge is -2.35. The van der Waals surface area contributed by atoms with Crippen molar-refractivity contribution in [1.29, 1.82) is 5.26 Å². The Bertz CT molecular complexity index is 1230. The second-order valence-corrected chi connectivity index (χ2v) is 8.09. The molecule has 0 bridgehead atoms. The zero-order valence-electron chi connectivity index (χ0n) is 17.4. The second-order valence-electron chi connectivity index (χ2n) is 8.09. The lowest BCUT2D eigenvalue weighted by atomic mass is 9.63. The van der Waals surface area contributed by atoms with Gasteiger partial charge >= 0.3 is 5.97 Å². The topological polar surface area (TPSA) is 91.2 Å². The van der Waals surface area contributed by atoms with Gasteiger partial charge < -0.3 is 10.1 Å². The van der Waals surface area contributed by atoms with Gasteiger partial charge in [0.25, 0.3) is 0 Å². The summed E-state index contributed by atoms with van der Waals surface area (Å²) in [5.74, 6) is -1.09. The number of nitrogens with one attached hydrogen (secondary N) is 2. The van der Waals surface area contributed by atoms with Gasteiger partial charge in [0.2, 0.25) is 5.91 Å². The number of hydrogen-bond acceptors (Lipinski definition) is 5. The molecule has 0 saturated carbocycles. The quantitative estimate of drug-likeness (QED) is 0.630. The van der Waals surface area contributed by atoms with E-state index in [-0.39, 0.29) is 5.91 Å². The first kappa shape index (κ1) is 20.0. The smallest absolute Gasteiger partial charge is 0.323 e. The predicted octanol–water partition coefficient (Wildman–Crippen LogP) is 3.42. The second kappa shape index (κ2) is 7.63. The fourth-order valence-corrected chi connectivity index (χ4v) is 5.30. The summed E-state index contributed by atoms with van der Waals surface area (Å²) in [5.41, 5.74) is 2.73. The molecule has 0 aromatic heterocycles. The number of amides is 1. The van der Waals surface area contributed by atoms with Crippen LogP contribution in [0.25, 0.3) is 0 Å². The molecule has 2 aliphatic rings. The molecule has 1 amide bonds. The van der Waals surface area contributed by atoms with Crippen LogP contribution in [0.15, 0.2) is 78.9 Å².